The van der Waals surface area contributed by atoms with Crippen LogP contribution in [0.25, 0.3) is 0 Å². The van der Waals surface area contributed by atoms with Crippen molar-refractivity contribution in [1.29, 1.82) is 0 Å². The van der Waals surface area contributed by atoms with Gasteiger partial charge in [0.1, 0.15) is 11.1 Å². The fourth-order valence-electron chi connectivity index (χ4n) is 0.694. The van der Waals surface area contributed by atoms with E-state index in [2.05, 4.69) is 13.8 Å². The highest BCUT2D eigenvalue weighted by molar-refractivity contribution is 7.47. The van der Waals surface area contributed by atoms with Gasteiger partial charge in [0, 0.05) is 0 Å². The Morgan fingerprint density at radius 3 is 1.60 bits per heavy atom. The van der Waals surface area contributed by atoms with E-state index in [4.69, 9.17) is 38.3 Å². The molecule has 0 heterocycles. The molecular formula is C10H23Cl2O7P. The highest BCUT2D eigenvalue weighted by atomic mass is 35.5. The first-order chi connectivity index (χ1) is 9.32. The summed E-state index contributed by atoms with van der Waals surface area (Å²) in [5, 5.41) is 16.2. The van der Waals surface area contributed by atoms with E-state index in [0.29, 0.717) is 26.1 Å². The summed E-state index contributed by atoms with van der Waals surface area (Å²) in [7, 11) is -4.10. The lowest BCUT2D eigenvalue weighted by atomic mass is 10.5. The van der Waals surface area contributed by atoms with Crippen LogP contribution in [-0.2, 0) is 18.3 Å². The number of hydrogen-bond acceptors (Lipinski definition) is 6. The summed E-state index contributed by atoms with van der Waals surface area (Å²) in [5.74, 6) is 0. The van der Waals surface area contributed by atoms with Gasteiger partial charge in [-0.1, -0.05) is 37.0 Å². The van der Waals surface area contributed by atoms with Crippen molar-refractivity contribution < 1.29 is 33.5 Å². The van der Waals surface area contributed by atoms with Crippen LogP contribution < -0.4 is 0 Å². The van der Waals surface area contributed by atoms with Crippen molar-refractivity contribution in [3.63, 3.8) is 0 Å². The van der Waals surface area contributed by atoms with Crippen LogP contribution >= 0.6 is 31.0 Å². The predicted octanol–water partition coefficient (Wildman–Crippen LogP) is 2.06. The standard InChI is InChI=1S/C6H13Cl2O4P.C4H10O3/c1-3-5(7)11-13(9,10)12-6(8)4-2;5-1-3-7-4-2-6/h5-6H,3-4H2,1-2H3,(H,9,10);5-6H,1-4H2. The van der Waals surface area contributed by atoms with Gasteiger partial charge in [-0.05, 0) is 12.8 Å². The summed E-state index contributed by atoms with van der Waals surface area (Å²) in [6.45, 7) is 4.13. The molecule has 0 aromatic carbocycles. The highest BCUT2D eigenvalue weighted by Crippen LogP contribution is 2.47. The Labute approximate surface area is 129 Å². The maximum absolute atomic E-state index is 11.1. The number of aliphatic hydroxyl groups is 2. The van der Waals surface area contributed by atoms with E-state index >= 15 is 0 Å². The summed E-state index contributed by atoms with van der Waals surface area (Å²) in [4.78, 5) is 9.06. The lowest BCUT2D eigenvalue weighted by Crippen LogP contribution is -2.07. The van der Waals surface area contributed by atoms with Crippen molar-refractivity contribution in [2.45, 2.75) is 37.8 Å². The third-order valence-electron chi connectivity index (χ3n) is 1.61. The van der Waals surface area contributed by atoms with Crippen molar-refractivity contribution in [3.8, 4) is 0 Å². The molecule has 0 amide bonds. The molecule has 2 atom stereocenters. The number of aliphatic hydroxyl groups excluding tert-OH is 2. The predicted molar refractivity (Wildman–Crippen MR) is 76.8 cm³/mol. The number of alkyl halides is 2. The van der Waals surface area contributed by atoms with Crippen LogP contribution in [0.3, 0.4) is 0 Å². The molecule has 7 nitrogen and oxygen atoms in total. The minimum Gasteiger partial charge on any atom is -0.394 e. The summed E-state index contributed by atoms with van der Waals surface area (Å²) in [6, 6.07) is 0. The fourth-order valence-corrected chi connectivity index (χ4v) is 2.22. The van der Waals surface area contributed by atoms with Crippen LogP contribution in [0.1, 0.15) is 26.7 Å². The van der Waals surface area contributed by atoms with Crippen molar-refractivity contribution >= 4 is 31.0 Å². The van der Waals surface area contributed by atoms with Gasteiger partial charge in [0.2, 0.25) is 0 Å². The zero-order chi connectivity index (χ0) is 16.0. The van der Waals surface area contributed by atoms with E-state index in [1.54, 1.807) is 13.8 Å². The molecular weight excluding hydrogens is 334 g/mol. The number of halogens is 2. The number of rotatable bonds is 10. The van der Waals surface area contributed by atoms with E-state index in [-0.39, 0.29) is 13.2 Å². The first-order valence-electron chi connectivity index (χ1n) is 6.10. The molecule has 0 saturated carbocycles. The van der Waals surface area contributed by atoms with E-state index in [1.807, 2.05) is 0 Å². The molecule has 0 spiro atoms. The molecule has 0 fully saturated rings. The molecule has 0 saturated heterocycles. The zero-order valence-electron chi connectivity index (χ0n) is 11.6. The van der Waals surface area contributed by atoms with E-state index in [0.717, 1.165) is 0 Å². The first kappa shape index (κ1) is 22.8. The minimum atomic E-state index is -4.10. The van der Waals surface area contributed by atoms with Gasteiger partial charge in [-0.15, -0.1) is 0 Å². The molecule has 0 aromatic heterocycles. The Morgan fingerprint density at radius 2 is 1.35 bits per heavy atom. The average Bonchev–Trinajstić information content (AvgIpc) is 2.38. The Balaban J connectivity index is 0. The molecule has 10 heteroatoms. The van der Waals surface area contributed by atoms with Gasteiger partial charge in [0.25, 0.3) is 0 Å². The Hall–Kier alpha value is 0.570. The summed E-state index contributed by atoms with van der Waals surface area (Å²) < 4.78 is 24.8. The molecule has 0 bridgehead atoms. The lowest BCUT2D eigenvalue weighted by Gasteiger charge is -2.16. The van der Waals surface area contributed by atoms with Gasteiger partial charge < -0.3 is 19.8 Å². The zero-order valence-corrected chi connectivity index (χ0v) is 14.0. The van der Waals surface area contributed by atoms with Crippen molar-refractivity contribution in [1.82, 2.24) is 0 Å². The van der Waals surface area contributed by atoms with Crippen LogP contribution in [0.2, 0.25) is 0 Å². The second-order valence-electron chi connectivity index (χ2n) is 3.38. The maximum Gasteiger partial charge on any atom is 0.475 e. The molecule has 3 N–H and O–H groups in total. The average molecular weight is 357 g/mol. The Kier molecular flexibility index (Phi) is 16.6. The number of phosphoric ester groups is 1. The molecule has 0 aliphatic carbocycles. The second-order valence-corrected chi connectivity index (χ2v) is 5.71. The maximum atomic E-state index is 11.1. The van der Waals surface area contributed by atoms with Crippen molar-refractivity contribution in [3.05, 3.63) is 0 Å². The molecule has 2 unspecified atom stereocenters. The van der Waals surface area contributed by atoms with E-state index < -0.39 is 18.9 Å². The fraction of sp³-hybridized carbons (Fsp3) is 1.00. The van der Waals surface area contributed by atoms with Crippen molar-refractivity contribution in [2.24, 2.45) is 0 Å². The van der Waals surface area contributed by atoms with Crippen LogP contribution in [0.5, 0.6) is 0 Å². The molecule has 0 rings (SSSR count). The van der Waals surface area contributed by atoms with Gasteiger partial charge in [-0.2, -0.15) is 0 Å². The highest BCUT2D eigenvalue weighted by Gasteiger charge is 2.27. The number of phosphoric acid groups is 1. The first-order valence-corrected chi connectivity index (χ1v) is 8.46. The van der Waals surface area contributed by atoms with Gasteiger partial charge in [0.05, 0.1) is 26.4 Å². The largest absolute Gasteiger partial charge is 0.475 e. The third kappa shape index (κ3) is 16.6. The lowest BCUT2D eigenvalue weighted by molar-refractivity contribution is 0.0650. The van der Waals surface area contributed by atoms with E-state index in [9.17, 15) is 4.57 Å². The van der Waals surface area contributed by atoms with Crippen molar-refractivity contribution in [2.75, 3.05) is 26.4 Å². The van der Waals surface area contributed by atoms with Gasteiger partial charge >= 0.3 is 7.82 Å². The van der Waals surface area contributed by atoms with Crippen LogP contribution in [-0.4, -0.2) is 52.7 Å². The quantitative estimate of drug-likeness (QED) is 0.312. The molecule has 0 radical (unpaired) electrons. The minimum absolute atomic E-state index is 0.0278. The monoisotopic (exact) mass is 356 g/mol. The molecule has 124 valence electrons. The van der Waals surface area contributed by atoms with Crippen LogP contribution in [0.15, 0.2) is 0 Å². The van der Waals surface area contributed by atoms with Gasteiger partial charge in [-0.25, -0.2) is 4.57 Å². The molecule has 0 aliphatic heterocycles. The summed E-state index contributed by atoms with van der Waals surface area (Å²) in [5.41, 5.74) is -1.67. The van der Waals surface area contributed by atoms with Gasteiger partial charge in [-0.3, -0.25) is 9.05 Å². The third-order valence-corrected chi connectivity index (χ3v) is 3.69. The molecule has 0 aromatic rings. The van der Waals surface area contributed by atoms with E-state index in [1.165, 1.54) is 0 Å². The smallest absolute Gasteiger partial charge is 0.394 e. The summed E-state index contributed by atoms with van der Waals surface area (Å²) >= 11 is 11.0. The SMILES string of the molecule is CCC(Cl)OP(=O)(O)OC(Cl)CC.OCCOCCO. The number of ether oxygens (including phenoxy) is 1. The van der Waals surface area contributed by atoms with Crippen LogP contribution in [0, 0.1) is 0 Å². The Morgan fingerprint density at radius 1 is 1.00 bits per heavy atom. The topological polar surface area (TPSA) is 105 Å². The second kappa shape index (κ2) is 14.5. The summed E-state index contributed by atoms with van der Waals surface area (Å²) in [6.07, 6.45) is 0.823. The Bertz CT molecular complexity index is 238. The number of hydrogen-bond donors (Lipinski definition) is 3. The molecule has 20 heavy (non-hydrogen) atoms. The molecule has 0 aliphatic rings. The van der Waals surface area contributed by atoms with Gasteiger partial charge in [0.15, 0.2) is 0 Å². The normalized spacial score (nSPS) is 16.8. The van der Waals surface area contributed by atoms with Crippen LogP contribution in [0.4, 0.5) is 0 Å².